The summed E-state index contributed by atoms with van der Waals surface area (Å²) in [7, 11) is 0. The molecule has 0 aromatic carbocycles. The summed E-state index contributed by atoms with van der Waals surface area (Å²) in [6.45, 7) is 11.4. The van der Waals surface area contributed by atoms with Crippen molar-refractivity contribution < 1.29 is 38.1 Å². The number of hydrogen-bond acceptors (Lipinski definition) is 9. The van der Waals surface area contributed by atoms with Gasteiger partial charge in [0, 0.05) is 32.5 Å². The van der Waals surface area contributed by atoms with E-state index in [9.17, 15) is 14.4 Å². The third-order valence-electron chi connectivity index (χ3n) is 11.1. The van der Waals surface area contributed by atoms with Gasteiger partial charge in [0.2, 0.25) is 0 Å². The average molecular weight is 872 g/mol. The van der Waals surface area contributed by atoms with Gasteiger partial charge in [0.15, 0.2) is 6.29 Å². The van der Waals surface area contributed by atoms with Crippen LogP contribution in [0.1, 0.15) is 213 Å². The van der Waals surface area contributed by atoms with Crippen LogP contribution in [0.2, 0.25) is 0 Å². The molecule has 9 heteroatoms. The van der Waals surface area contributed by atoms with Crippen LogP contribution >= 0.6 is 0 Å². The molecule has 1 aliphatic rings. The zero-order valence-corrected chi connectivity index (χ0v) is 40.1. The number of allylic oxidation sites excluding steroid dienone is 8. The Bertz CT molecular complexity index is 1140. The Hall–Kier alpha value is -2.75. The second-order valence-electron chi connectivity index (χ2n) is 16.9. The number of carbonyl (C=O) groups excluding carboxylic acids is 3. The van der Waals surface area contributed by atoms with Crippen molar-refractivity contribution in [3.8, 4) is 0 Å². The fourth-order valence-electron chi connectivity index (χ4n) is 7.36. The van der Waals surface area contributed by atoms with Crippen molar-refractivity contribution in [1.82, 2.24) is 4.90 Å². The summed E-state index contributed by atoms with van der Waals surface area (Å²) in [4.78, 5) is 40.4. The minimum Gasteiger partial charge on any atom is -0.466 e. The highest BCUT2D eigenvalue weighted by Gasteiger charge is 2.18. The molecule has 0 saturated carbocycles. The molecule has 0 aliphatic carbocycles. The van der Waals surface area contributed by atoms with Crippen LogP contribution in [0.25, 0.3) is 0 Å². The van der Waals surface area contributed by atoms with Crippen LogP contribution in [-0.4, -0.2) is 81.3 Å². The van der Waals surface area contributed by atoms with E-state index in [0.717, 1.165) is 110 Å². The van der Waals surface area contributed by atoms with Crippen molar-refractivity contribution in [2.45, 2.75) is 226 Å². The van der Waals surface area contributed by atoms with Crippen molar-refractivity contribution in [2.24, 2.45) is 0 Å². The van der Waals surface area contributed by atoms with Gasteiger partial charge in [-0.25, -0.2) is 0 Å². The highest BCUT2D eigenvalue weighted by Crippen LogP contribution is 2.16. The Morgan fingerprint density at radius 2 is 0.984 bits per heavy atom. The first-order chi connectivity index (χ1) is 30.5. The molecule has 358 valence electrons. The summed E-state index contributed by atoms with van der Waals surface area (Å²) in [6, 6.07) is 0. The van der Waals surface area contributed by atoms with E-state index >= 15 is 0 Å². The van der Waals surface area contributed by atoms with Crippen molar-refractivity contribution in [2.75, 3.05) is 46.1 Å². The van der Waals surface area contributed by atoms with Crippen LogP contribution in [0.15, 0.2) is 48.6 Å². The van der Waals surface area contributed by atoms with Gasteiger partial charge in [0.1, 0.15) is 6.10 Å². The van der Waals surface area contributed by atoms with Crippen LogP contribution in [0.5, 0.6) is 0 Å². The second-order valence-corrected chi connectivity index (χ2v) is 16.9. The summed E-state index contributed by atoms with van der Waals surface area (Å²) in [6.07, 6.45) is 45.2. The maximum atomic E-state index is 12.8. The van der Waals surface area contributed by atoms with Gasteiger partial charge in [0.25, 0.3) is 0 Å². The molecule has 0 spiro atoms. The van der Waals surface area contributed by atoms with Crippen LogP contribution in [0.4, 0.5) is 0 Å². The van der Waals surface area contributed by atoms with Gasteiger partial charge in [0.05, 0.1) is 19.6 Å². The van der Waals surface area contributed by atoms with Gasteiger partial charge in [-0.1, -0.05) is 101 Å². The van der Waals surface area contributed by atoms with E-state index in [1.807, 2.05) is 0 Å². The zero-order chi connectivity index (χ0) is 44.8. The summed E-state index contributed by atoms with van der Waals surface area (Å²) in [5.41, 5.74) is 0. The summed E-state index contributed by atoms with van der Waals surface area (Å²) >= 11 is 0. The van der Waals surface area contributed by atoms with Crippen molar-refractivity contribution >= 4 is 17.9 Å². The molecule has 1 heterocycles. The third kappa shape index (κ3) is 38.9. The Morgan fingerprint density at radius 1 is 0.484 bits per heavy atom. The number of carbonyl (C=O) groups is 3. The molecule has 62 heavy (non-hydrogen) atoms. The van der Waals surface area contributed by atoms with Crippen LogP contribution in [-0.2, 0) is 38.1 Å². The average Bonchev–Trinajstić information content (AvgIpc) is 3.79. The molecule has 1 fully saturated rings. The number of nitrogens with zero attached hydrogens (tertiary/aromatic N) is 1. The SMILES string of the molecule is CC/C=C\CCCCOC(CCC(=O)OCCCC(CCCOC(=O)CCCCCCC/C=C\C/C=C\CCCCC)OC(=O)CCCN1CCCC1)OCCCC/C=C\CC. The molecule has 1 saturated heterocycles. The molecule has 0 bridgehead atoms. The van der Waals surface area contributed by atoms with Crippen LogP contribution in [0.3, 0.4) is 0 Å². The lowest BCUT2D eigenvalue weighted by atomic mass is 10.1. The van der Waals surface area contributed by atoms with Gasteiger partial charge in [-0.05, 0) is 154 Å². The fraction of sp³-hybridized carbons (Fsp3) is 0.792. The number of ether oxygens (including phenoxy) is 5. The molecule has 0 aromatic rings. The van der Waals surface area contributed by atoms with E-state index in [-0.39, 0.29) is 37.0 Å². The maximum absolute atomic E-state index is 12.8. The van der Waals surface area contributed by atoms with Crippen LogP contribution < -0.4 is 0 Å². The van der Waals surface area contributed by atoms with Crippen molar-refractivity contribution in [3.05, 3.63) is 48.6 Å². The van der Waals surface area contributed by atoms with E-state index in [4.69, 9.17) is 23.7 Å². The summed E-state index contributed by atoms with van der Waals surface area (Å²) in [5.74, 6) is -0.621. The lowest BCUT2D eigenvalue weighted by molar-refractivity contribution is -0.159. The number of rotatable bonds is 44. The van der Waals surface area contributed by atoms with Gasteiger partial charge in [-0.2, -0.15) is 0 Å². The highest BCUT2D eigenvalue weighted by atomic mass is 16.7. The molecule has 1 aliphatic heterocycles. The molecule has 1 rings (SSSR count). The molecule has 1 atom stereocenters. The molecule has 9 nitrogen and oxygen atoms in total. The lowest BCUT2D eigenvalue weighted by Crippen LogP contribution is -2.23. The zero-order valence-electron chi connectivity index (χ0n) is 40.1. The van der Waals surface area contributed by atoms with E-state index in [1.54, 1.807) is 0 Å². The number of likely N-dealkylation sites (tertiary alicyclic amines) is 1. The molecule has 0 aromatic heterocycles. The van der Waals surface area contributed by atoms with Gasteiger partial charge >= 0.3 is 17.9 Å². The molecule has 1 unspecified atom stereocenters. The van der Waals surface area contributed by atoms with Gasteiger partial charge in [-0.15, -0.1) is 0 Å². The van der Waals surface area contributed by atoms with Crippen molar-refractivity contribution in [3.63, 3.8) is 0 Å². The maximum Gasteiger partial charge on any atom is 0.306 e. The fourth-order valence-corrected chi connectivity index (χ4v) is 7.36. The summed E-state index contributed by atoms with van der Waals surface area (Å²) in [5, 5.41) is 0. The minimum absolute atomic E-state index is 0.157. The predicted octanol–water partition coefficient (Wildman–Crippen LogP) is 13.6. The molecular weight excluding hydrogens is 779 g/mol. The highest BCUT2D eigenvalue weighted by molar-refractivity contribution is 5.70. The Kier molecular flexibility index (Phi) is 41.4. The number of unbranched alkanes of at least 4 members (excludes halogenated alkanes) is 12. The molecular formula is C53H93NO8. The first-order valence-corrected chi connectivity index (χ1v) is 25.5. The lowest BCUT2D eigenvalue weighted by Gasteiger charge is -2.19. The topological polar surface area (TPSA) is 101 Å². The number of esters is 3. The summed E-state index contributed by atoms with van der Waals surface area (Å²) < 4.78 is 29.2. The quantitative estimate of drug-likeness (QED) is 0.0195. The third-order valence-corrected chi connectivity index (χ3v) is 11.1. The van der Waals surface area contributed by atoms with E-state index in [0.29, 0.717) is 64.8 Å². The standard InChI is InChI=1S/C53H93NO8/c1-4-7-10-13-16-17-18-19-20-21-22-23-24-25-28-38-50(55)58-47-34-36-49(62-52(57)39-33-44-54-42-29-30-43-54)37-35-48-59-51(56)40-41-53(60-45-31-26-14-11-8-5-2)61-46-32-27-15-12-9-6-3/h8-9,11-12,16-17,19-20,49,53H,4-7,10,13-15,18,21-48H2,1-3H3/b11-8-,12-9-,17-16-,20-19-. The smallest absolute Gasteiger partial charge is 0.306 e. The normalized spacial score (nSPS) is 14.1. The molecule has 0 amide bonds. The van der Waals surface area contributed by atoms with E-state index in [1.165, 1.54) is 51.4 Å². The number of hydrogen-bond donors (Lipinski definition) is 0. The second kappa shape index (κ2) is 44.8. The minimum atomic E-state index is -0.427. The van der Waals surface area contributed by atoms with E-state index in [2.05, 4.69) is 74.3 Å². The Balaban J connectivity index is 2.40. The Morgan fingerprint density at radius 3 is 1.56 bits per heavy atom. The first kappa shape index (κ1) is 57.3. The van der Waals surface area contributed by atoms with Gasteiger partial charge in [-0.3, -0.25) is 14.4 Å². The monoisotopic (exact) mass is 872 g/mol. The van der Waals surface area contributed by atoms with Gasteiger partial charge < -0.3 is 28.6 Å². The molecule has 0 N–H and O–H groups in total. The first-order valence-electron chi connectivity index (χ1n) is 25.5. The van der Waals surface area contributed by atoms with Crippen molar-refractivity contribution in [1.29, 1.82) is 0 Å². The Labute approximate surface area is 380 Å². The predicted molar refractivity (Wildman–Crippen MR) is 256 cm³/mol. The largest absolute Gasteiger partial charge is 0.466 e. The van der Waals surface area contributed by atoms with Crippen LogP contribution in [0, 0.1) is 0 Å². The molecule has 0 radical (unpaired) electrons. The van der Waals surface area contributed by atoms with E-state index < -0.39 is 6.29 Å².